The summed E-state index contributed by atoms with van der Waals surface area (Å²) in [5.74, 6) is 1.21. The molecule has 0 aliphatic rings. The zero-order valence-electron chi connectivity index (χ0n) is 15.7. The van der Waals surface area contributed by atoms with Crippen molar-refractivity contribution in [3.05, 3.63) is 47.5 Å². The van der Waals surface area contributed by atoms with Gasteiger partial charge in [0.2, 0.25) is 0 Å². The normalized spacial score (nSPS) is 12.1. The van der Waals surface area contributed by atoms with Gasteiger partial charge in [0.1, 0.15) is 24.7 Å². The van der Waals surface area contributed by atoms with E-state index in [-0.39, 0.29) is 0 Å². The summed E-state index contributed by atoms with van der Waals surface area (Å²) in [4.78, 5) is 0. The summed E-state index contributed by atoms with van der Waals surface area (Å²) < 4.78 is 11.3. The zero-order chi connectivity index (χ0) is 19.5. The van der Waals surface area contributed by atoms with Gasteiger partial charge >= 0.3 is 0 Å². The van der Waals surface area contributed by atoms with Crippen molar-refractivity contribution in [3.8, 4) is 11.5 Å². The monoisotopic (exact) mass is 360 g/mol. The van der Waals surface area contributed by atoms with Crippen molar-refractivity contribution in [2.75, 3.05) is 24.7 Å². The molecule has 6 heteroatoms. The Morgan fingerprint density at radius 3 is 1.73 bits per heavy atom. The van der Waals surface area contributed by atoms with E-state index in [0.29, 0.717) is 47.2 Å². The molecular weight excluding hydrogens is 332 g/mol. The average molecular weight is 360 g/mol. The van der Waals surface area contributed by atoms with Crippen molar-refractivity contribution < 1.29 is 19.7 Å². The number of nitrogens with two attached hydrogens (primary N) is 2. The van der Waals surface area contributed by atoms with E-state index in [0.717, 1.165) is 0 Å². The van der Waals surface area contributed by atoms with E-state index in [2.05, 4.69) is 0 Å². The Morgan fingerprint density at radius 1 is 0.731 bits per heavy atom. The Labute approximate surface area is 154 Å². The van der Waals surface area contributed by atoms with Gasteiger partial charge in [-0.25, -0.2) is 0 Å². The molecule has 0 saturated carbocycles. The number of benzene rings is 2. The molecule has 0 aromatic heterocycles. The summed E-state index contributed by atoms with van der Waals surface area (Å²) in [7, 11) is 0. The summed E-state index contributed by atoms with van der Waals surface area (Å²) in [5, 5.41) is 20.2. The highest BCUT2D eigenvalue weighted by molar-refractivity contribution is 5.54. The lowest BCUT2D eigenvalue weighted by atomic mass is 9.96. The van der Waals surface area contributed by atoms with Crippen molar-refractivity contribution >= 4 is 11.4 Å². The van der Waals surface area contributed by atoms with E-state index >= 15 is 0 Å². The molecule has 0 aliphatic heterocycles. The summed E-state index contributed by atoms with van der Waals surface area (Å²) >= 11 is 0. The lowest BCUT2D eigenvalue weighted by Crippen LogP contribution is -2.18. The van der Waals surface area contributed by atoms with E-state index in [9.17, 15) is 10.2 Å². The van der Waals surface area contributed by atoms with Crippen LogP contribution in [0.4, 0.5) is 11.4 Å². The molecule has 0 saturated heterocycles. The second-order valence-corrected chi connectivity index (χ2v) is 7.31. The number of ether oxygens (including phenoxy) is 2. The maximum Gasteiger partial charge on any atom is 0.122 e. The maximum atomic E-state index is 10.1. The fraction of sp³-hybridized carbons (Fsp3) is 0.400. The van der Waals surface area contributed by atoms with Crippen LogP contribution in [-0.2, 0) is 11.2 Å². The van der Waals surface area contributed by atoms with Crippen molar-refractivity contribution in [1.82, 2.24) is 0 Å². The molecule has 6 nitrogen and oxygen atoms in total. The van der Waals surface area contributed by atoms with Crippen molar-refractivity contribution in [2.24, 2.45) is 0 Å². The SMILES string of the molecule is CC(C)(O)c1ccc(OCCOc2ccc(N)c(C(C)(C)O)c2)cc1N. The molecule has 0 unspecified atom stereocenters. The first-order chi connectivity index (χ1) is 12.0. The van der Waals surface area contributed by atoms with E-state index in [1.165, 1.54) is 0 Å². The van der Waals surface area contributed by atoms with Crippen LogP contribution in [0.25, 0.3) is 0 Å². The van der Waals surface area contributed by atoms with Gasteiger partial charge in [0.25, 0.3) is 0 Å². The third-order valence-electron chi connectivity index (χ3n) is 3.99. The zero-order valence-corrected chi connectivity index (χ0v) is 15.7. The molecule has 0 amide bonds. The Bertz CT molecular complexity index is 761. The molecule has 6 N–H and O–H groups in total. The fourth-order valence-electron chi connectivity index (χ4n) is 2.66. The van der Waals surface area contributed by atoms with E-state index in [1.54, 1.807) is 64.1 Å². The number of anilines is 2. The van der Waals surface area contributed by atoms with E-state index < -0.39 is 11.2 Å². The third kappa shape index (κ3) is 5.03. The van der Waals surface area contributed by atoms with Crippen LogP contribution in [0.5, 0.6) is 11.5 Å². The number of rotatable bonds is 7. The van der Waals surface area contributed by atoms with Gasteiger partial charge in [-0.2, -0.15) is 0 Å². The molecule has 0 fully saturated rings. The fourth-order valence-corrected chi connectivity index (χ4v) is 2.66. The predicted molar refractivity (Wildman–Crippen MR) is 103 cm³/mol. The van der Waals surface area contributed by atoms with Gasteiger partial charge in [0, 0.05) is 28.6 Å². The third-order valence-corrected chi connectivity index (χ3v) is 3.99. The standard InChI is InChI=1S/C20H28N2O4/c1-19(2,23)15-7-5-14(12-18(15)22)26-10-9-25-13-6-8-17(21)16(11-13)20(3,4)24/h5-8,11-12,23-24H,9-10,21-22H2,1-4H3. The number of hydrogen-bond donors (Lipinski definition) is 4. The molecule has 142 valence electrons. The van der Waals surface area contributed by atoms with Crippen LogP contribution in [0.3, 0.4) is 0 Å². The predicted octanol–water partition coefficient (Wildman–Crippen LogP) is 2.76. The number of aliphatic hydroxyl groups is 2. The minimum Gasteiger partial charge on any atom is -0.490 e. The van der Waals surface area contributed by atoms with Gasteiger partial charge in [-0.1, -0.05) is 6.07 Å². The second kappa shape index (κ2) is 7.43. The molecule has 0 radical (unpaired) electrons. The highest BCUT2D eigenvalue weighted by Gasteiger charge is 2.20. The van der Waals surface area contributed by atoms with Gasteiger partial charge in [-0.3, -0.25) is 0 Å². The topological polar surface area (TPSA) is 111 Å². The first-order valence-electron chi connectivity index (χ1n) is 8.49. The summed E-state index contributed by atoms with van der Waals surface area (Å²) in [5.41, 5.74) is 12.1. The lowest BCUT2D eigenvalue weighted by molar-refractivity contribution is 0.0786. The van der Waals surface area contributed by atoms with Gasteiger partial charge in [-0.05, 0) is 52.0 Å². The van der Waals surface area contributed by atoms with Crippen LogP contribution in [0, 0.1) is 0 Å². The molecule has 0 bridgehead atoms. The van der Waals surface area contributed by atoms with Crippen LogP contribution in [0.15, 0.2) is 36.4 Å². The van der Waals surface area contributed by atoms with Crippen LogP contribution < -0.4 is 20.9 Å². The summed E-state index contributed by atoms with van der Waals surface area (Å²) in [6.07, 6.45) is 0. The summed E-state index contributed by atoms with van der Waals surface area (Å²) in [6, 6.07) is 10.4. The van der Waals surface area contributed by atoms with E-state index in [4.69, 9.17) is 20.9 Å². The summed E-state index contributed by atoms with van der Waals surface area (Å²) in [6.45, 7) is 7.36. The van der Waals surface area contributed by atoms with Crippen molar-refractivity contribution in [3.63, 3.8) is 0 Å². The number of hydrogen-bond acceptors (Lipinski definition) is 6. The van der Waals surface area contributed by atoms with Gasteiger partial charge < -0.3 is 31.2 Å². The lowest BCUT2D eigenvalue weighted by Gasteiger charge is -2.21. The molecule has 0 aliphatic carbocycles. The smallest absolute Gasteiger partial charge is 0.122 e. The van der Waals surface area contributed by atoms with Crippen LogP contribution >= 0.6 is 0 Å². The highest BCUT2D eigenvalue weighted by atomic mass is 16.5. The van der Waals surface area contributed by atoms with Crippen LogP contribution in [0.2, 0.25) is 0 Å². The Kier molecular flexibility index (Phi) is 5.68. The Morgan fingerprint density at radius 2 is 1.23 bits per heavy atom. The van der Waals surface area contributed by atoms with Gasteiger partial charge in [-0.15, -0.1) is 0 Å². The maximum absolute atomic E-state index is 10.1. The minimum atomic E-state index is -1.04. The molecule has 26 heavy (non-hydrogen) atoms. The Balaban J connectivity index is 1.93. The first-order valence-corrected chi connectivity index (χ1v) is 8.49. The van der Waals surface area contributed by atoms with Crippen molar-refractivity contribution in [2.45, 2.75) is 38.9 Å². The molecule has 2 aromatic carbocycles. The number of nitrogen functional groups attached to an aromatic ring is 2. The largest absolute Gasteiger partial charge is 0.490 e. The quantitative estimate of drug-likeness (QED) is 0.446. The first kappa shape index (κ1) is 19.9. The second-order valence-electron chi connectivity index (χ2n) is 7.31. The van der Waals surface area contributed by atoms with Gasteiger partial charge in [0.15, 0.2) is 0 Å². The Hall–Kier alpha value is -2.44. The molecule has 2 aromatic rings. The van der Waals surface area contributed by atoms with Gasteiger partial charge in [0.05, 0.1) is 11.2 Å². The molecule has 0 atom stereocenters. The molecular formula is C20H28N2O4. The van der Waals surface area contributed by atoms with E-state index in [1.807, 2.05) is 0 Å². The average Bonchev–Trinajstić information content (AvgIpc) is 2.50. The van der Waals surface area contributed by atoms with Crippen LogP contribution in [0.1, 0.15) is 38.8 Å². The van der Waals surface area contributed by atoms with Crippen molar-refractivity contribution in [1.29, 1.82) is 0 Å². The molecule has 0 heterocycles. The minimum absolute atomic E-state index is 0.322. The molecule has 0 spiro atoms. The van der Waals surface area contributed by atoms with Crippen LogP contribution in [-0.4, -0.2) is 23.4 Å². The highest BCUT2D eigenvalue weighted by Crippen LogP contribution is 2.30. The molecule has 2 rings (SSSR count).